The van der Waals surface area contributed by atoms with Crippen molar-refractivity contribution in [2.75, 3.05) is 13.2 Å². The van der Waals surface area contributed by atoms with Crippen molar-refractivity contribution in [1.29, 1.82) is 0 Å². The Balaban J connectivity index is 4.26. The summed E-state index contributed by atoms with van der Waals surface area (Å²) in [6.07, 6.45) is 68.3. The molecule has 0 saturated carbocycles. The van der Waals surface area contributed by atoms with Gasteiger partial charge in [0, 0.05) is 19.3 Å². The van der Waals surface area contributed by atoms with Crippen molar-refractivity contribution < 1.29 is 28.6 Å². The molecule has 0 rings (SSSR count). The highest BCUT2D eigenvalue weighted by Gasteiger charge is 2.19. The molecule has 0 aromatic rings. The van der Waals surface area contributed by atoms with Crippen LogP contribution < -0.4 is 0 Å². The molecule has 6 nitrogen and oxygen atoms in total. The van der Waals surface area contributed by atoms with Crippen LogP contribution >= 0.6 is 0 Å². The molecule has 0 aromatic heterocycles. The molecule has 0 heterocycles. The molecule has 74 heavy (non-hydrogen) atoms. The van der Waals surface area contributed by atoms with Crippen LogP contribution in [0, 0.1) is 11.8 Å². The zero-order valence-electron chi connectivity index (χ0n) is 51.0. The van der Waals surface area contributed by atoms with E-state index in [2.05, 4.69) is 34.6 Å². The maximum absolute atomic E-state index is 12.9. The van der Waals surface area contributed by atoms with Gasteiger partial charge in [-0.05, 0) is 31.1 Å². The summed E-state index contributed by atoms with van der Waals surface area (Å²) in [6, 6.07) is 0. The lowest BCUT2D eigenvalue weighted by molar-refractivity contribution is -0.167. The molecule has 0 saturated heterocycles. The van der Waals surface area contributed by atoms with E-state index in [4.69, 9.17) is 14.2 Å². The van der Waals surface area contributed by atoms with Crippen LogP contribution in [0.25, 0.3) is 0 Å². The molecule has 0 bridgehead atoms. The minimum absolute atomic E-state index is 0.0615. The average Bonchev–Trinajstić information content (AvgIpc) is 3.38. The quantitative estimate of drug-likeness (QED) is 0.0343. The first-order valence-corrected chi connectivity index (χ1v) is 33.7. The Morgan fingerprint density at radius 2 is 0.446 bits per heavy atom. The number of hydrogen-bond donors (Lipinski definition) is 0. The average molecular weight is 1050 g/mol. The molecule has 6 heteroatoms. The van der Waals surface area contributed by atoms with Gasteiger partial charge in [-0.3, -0.25) is 14.4 Å². The second kappa shape index (κ2) is 60.6. The summed E-state index contributed by atoms with van der Waals surface area (Å²) in [7, 11) is 0. The summed E-state index contributed by atoms with van der Waals surface area (Å²) < 4.78 is 17.0. The van der Waals surface area contributed by atoms with Crippen molar-refractivity contribution in [3.63, 3.8) is 0 Å². The minimum Gasteiger partial charge on any atom is -0.462 e. The second-order valence-electron chi connectivity index (χ2n) is 24.4. The van der Waals surface area contributed by atoms with E-state index in [0.29, 0.717) is 19.3 Å². The summed E-state index contributed by atoms with van der Waals surface area (Å²) >= 11 is 0. The van der Waals surface area contributed by atoms with Crippen LogP contribution in [0.3, 0.4) is 0 Å². The van der Waals surface area contributed by atoms with Gasteiger partial charge in [-0.15, -0.1) is 0 Å². The van der Waals surface area contributed by atoms with Gasteiger partial charge >= 0.3 is 17.9 Å². The van der Waals surface area contributed by atoms with Crippen LogP contribution in [0.2, 0.25) is 0 Å². The number of hydrogen-bond acceptors (Lipinski definition) is 6. The van der Waals surface area contributed by atoms with Crippen molar-refractivity contribution in [3.05, 3.63) is 0 Å². The number of unbranched alkanes of at least 4 members (excludes halogenated alkanes) is 47. The van der Waals surface area contributed by atoms with E-state index in [1.54, 1.807) is 0 Å². The fourth-order valence-corrected chi connectivity index (χ4v) is 10.6. The molecule has 0 aliphatic rings. The van der Waals surface area contributed by atoms with Crippen molar-refractivity contribution in [2.45, 2.75) is 394 Å². The monoisotopic (exact) mass is 1050 g/mol. The maximum atomic E-state index is 12.9. The van der Waals surface area contributed by atoms with E-state index in [0.717, 1.165) is 69.6 Å². The van der Waals surface area contributed by atoms with Gasteiger partial charge in [0.1, 0.15) is 13.2 Å². The Morgan fingerprint density at radius 1 is 0.257 bits per heavy atom. The number of esters is 3. The molecule has 0 aliphatic carbocycles. The SMILES string of the molecule is CCCCCCCCCCCCCCCCCCCCCC(=O)OC[C@H](COC(=O)CCCCCCCCCCCCCCCCCCCCC(C)C)OC(=O)CCCCCCCCCCCCCCCC(C)C. The first-order chi connectivity index (χ1) is 36.2. The predicted molar refractivity (Wildman–Crippen MR) is 321 cm³/mol. The predicted octanol–water partition coefficient (Wildman–Crippen LogP) is 22.8. The molecule has 1 atom stereocenters. The smallest absolute Gasteiger partial charge is 0.306 e. The van der Waals surface area contributed by atoms with Gasteiger partial charge in [0.25, 0.3) is 0 Å². The van der Waals surface area contributed by atoms with Gasteiger partial charge < -0.3 is 14.2 Å². The third-order valence-corrected chi connectivity index (χ3v) is 15.7. The highest BCUT2D eigenvalue weighted by Crippen LogP contribution is 2.19. The molecule has 0 unspecified atom stereocenters. The fourth-order valence-electron chi connectivity index (χ4n) is 10.6. The van der Waals surface area contributed by atoms with Gasteiger partial charge in [-0.1, -0.05) is 349 Å². The molecule has 0 spiro atoms. The Hall–Kier alpha value is -1.59. The Labute approximate surface area is 463 Å². The first kappa shape index (κ1) is 72.4. The van der Waals surface area contributed by atoms with Crippen LogP contribution in [0.15, 0.2) is 0 Å². The maximum Gasteiger partial charge on any atom is 0.306 e. The van der Waals surface area contributed by atoms with Gasteiger partial charge in [-0.25, -0.2) is 0 Å². The fraction of sp³-hybridized carbons (Fsp3) is 0.956. The Morgan fingerprint density at radius 3 is 0.662 bits per heavy atom. The summed E-state index contributed by atoms with van der Waals surface area (Å²) in [5.41, 5.74) is 0. The van der Waals surface area contributed by atoms with Gasteiger partial charge in [0.2, 0.25) is 0 Å². The summed E-state index contributed by atoms with van der Waals surface area (Å²) in [4.78, 5) is 38.4. The lowest BCUT2D eigenvalue weighted by Crippen LogP contribution is -2.30. The molecule has 0 radical (unpaired) electrons. The highest BCUT2D eigenvalue weighted by molar-refractivity contribution is 5.71. The summed E-state index contributed by atoms with van der Waals surface area (Å²) in [5, 5.41) is 0. The number of carbonyl (C=O) groups excluding carboxylic acids is 3. The van der Waals surface area contributed by atoms with Crippen molar-refractivity contribution in [2.24, 2.45) is 11.8 Å². The Bertz CT molecular complexity index is 1140. The largest absolute Gasteiger partial charge is 0.462 e. The van der Waals surface area contributed by atoms with Crippen molar-refractivity contribution in [1.82, 2.24) is 0 Å². The van der Waals surface area contributed by atoms with E-state index in [1.807, 2.05) is 0 Å². The molecule has 0 amide bonds. The molecule has 0 aliphatic heterocycles. The third kappa shape index (κ3) is 61.3. The second-order valence-corrected chi connectivity index (χ2v) is 24.4. The molecular weight excluding hydrogens is 913 g/mol. The molecule has 0 fully saturated rings. The van der Waals surface area contributed by atoms with Gasteiger partial charge in [0.05, 0.1) is 0 Å². The zero-order valence-corrected chi connectivity index (χ0v) is 51.0. The number of rotatable bonds is 62. The normalized spacial score (nSPS) is 12.0. The highest BCUT2D eigenvalue weighted by atomic mass is 16.6. The van der Waals surface area contributed by atoms with E-state index in [-0.39, 0.29) is 31.1 Å². The van der Waals surface area contributed by atoms with Gasteiger partial charge in [0.15, 0.2) is 6.10 Å². The molecule has 440 valence electrons. The van der Waals surface area contributed by atoms with Crippen molar-refractivity contribution >= 4 is 17.9 Å². The first-order valence-electron chi connectivity index (χ1n) is 33.7. The molecule has 0 aromatic carbocycles. The van der Waals surface area contributed by atoms with Crippen LogP contribution in [0.4, 0.5) is 0 Å². The topological polar surface area (TPSA) is 78.9 Å². The molecular formula is C68H132O6. The number of carbonyl (C=O) groups is 3. The van der Waals surface area contributed by atoms with E-state index in [9.17, 15) is 14.4 Å². The van der Waals surface area contributed by atoms with E-state index >= 15 is 0 Å². The van der Waals surface area contributed by atoms with Crippen LogP contribution in [0.5, 0.6) is 0 Å². The van der Waals surface area contributed by atoms with Gasteiger partial charge in [-0.2, -0.15) is 0 Å². The molecule has 0 N–H and O–H groups in total. The summed E-state index contributed by atoms with van der Waals surface area (Å²) in [6.45, 7) is 11.5. The minimum atomic E-state index is -0.764. The zero-order chi connectivity index (χ0) is 53.9. The summed E-state index contributed by atoms with van der Waals surface area (Å²) in [5.74, 6) is 0.870. The Kier molecular flexibility index (Phi) is 59.3. The van der Waals surface area contributed by atoms with E-state index in [1.165, 1.54) is 276 Å². The standard InChI is InChI=1S/C68H132O6/c1-6-7-8-9-10-11-12-13-14-15-16-20-23-28-33-38-43-48-53-58-66(69)72-61-65(74-68(71)60-55-50-45-40-35-30-25-27-32-37-42-47-52-57-64(4)5)62-73-67(70)59-54-49-44-39-34-29-24-21-18-17-19-22-26-31-36-41-46-51-56-63(2)3/h63-65H,6-62H2,1-5H3/t65-/m1/s1. The van der Waals surface area contributed by atoms with Crippen molar-refractivity contribution in [3.8, 4) is 0 Å². The third-order valence-electron chi connectivity index (χ3n) is 15.7. The van der Waals surface area contributed by atoms with E-state index < -0.39 is 6.10 Å². The van der Waals surface area contributed by atoms with Crippen LogP contribution in [-0.2, 0) is 28.6 Å². The van der Waals surface area contributed by atoms with Crippen LogP contribution in [0.1, 0.15) is 388 Å². The van der Waals surface area contributed by atoms with Crippen LogP contribution in [-0.4, -0.2) is 37.2 Å². The lowest BCUT2D eigenvalue weighted by atomic mass is 10.0. The lowest BCUT2D eigenvalue weighted by Gasteiger charge is -2.18. The number of ether oxygens (including phenoxy) is 3.